The van der Waals surface area contributed by atoms with Crippen LogP contribution in [-0.2, 0) is 17.5 Å². The molecule has 0 aliphatic carbocycles. The number of likely N-dealkylation sites (tertiary alicyclic amines) is 1. The van der Waals surface area contributed by atoms with Gasteiger partial charge in [0.1, 0.15) is 0 Å². The highest BCUT2D eigenvalue weighted by Gasteiger charge is 2.31. The van der Waals surface area contributed by atoms with Gasteiger partial charge in [0.25, 0.3) is 0 Å². The molecule has 1 fully saturated rings. The maximum atomic E-state index is 12.8. The Balaban J connectivity index is 1.91. The number of carbonyl (C=O) groups excluding carboxylic acids is 1. The molecule has 1 N–H and O–H groups in total. The van der Waals surface area contributed by atoms with Crippen molar-refractivity contribution in [2.24, 2.45) is 11.8 Å². The van der Waals surface area contributed by atoms with E-state index in [4.69, 9.17) is 0 Å². The van der Waals surface area contributed by atoms with Gasteiger partial charge < -0.3 is 10.2 Å². The van der Waals surface area contributed by atoms with E-state index in [9.17, 15) is 18.0 Å². The molecule has 2 atom stereocenters. The number of nitrogens with zero attached hydrogens (tertiary/aromatic N) is 1. The van der Waals surface area contributed by atoms with E-state index >= 15 is 0 Å². The number of nitrogens with one attached hydrogen (secondary N) is 1. The van der Waals surface area contributed by atoms with Gasteiger partial charge in [-0.05, 0) is 24.0 Å². The molecule has 134 valence electrons. The van der Waals surface area contributed by atoms with Crippen molar-refractivity contribution >= 4 is 5.91 Å². The minimum absolute atomic E-state index is 0.00758. The largest absolute Gasteiger partial charge is 0.416 e. The van der Waals surface area contributed by atoms with Crippen molar-refractivity contribution in [3.05, 3.63) is 35.4 Å². The van der Waals surface area contributed by atoms with Crippen LogP contribution >= 0.6 is 0 Å². The molecular weight excluding hydrogens is 317 g/mol. The first-order valence-electron chi connectivity index (χ1n) is 8.36. The predicted molar refractivity (Wildman–Crippen MR) is 87.3 cm³/mol. The molecule has 6 heteroatoms. The van der Waals surface area contributed by atoms with Gasteiger partial charge in [-0.25, -0.2) is 0 Å². The molecule has 0 saturated carbocycles. The molecular formula is C18H25F3N2O. The number of benzene rings is 1. The third kappa shape index (κ3) is 4.72. The second-order valence-corrected chi connectivity index (χ2v) is 6.89. The van der Waals surface area contributed by atoms with Crippen LogP contribution in [0.2, 0.25) is 0 Å². The number of hydrogen-bond acceptors (Lipinski definition) is 2. The van der Waals surface area contributed by atoms with Gasteiger partial charge in [0.15, 0.2) is 0 Å². The highest BCUT2D eigenvalue weighted by molar-refractivity contribution is 5.78. The highest BCUT2D eigenvalue weighted by atomic mass is 19.4. The summed E-state index contributed by atoms with van der Waals surface area (Å²) in [4.78, 5) is 13.9. The van der Waals surface area contributed by atoms with Crippen LogP contribution in [0.4, 0.5) is 13.2 Å². The van der Waals surface area contributed by atoms with Crippen LogP contribution in [0.5, 0.6) is 0 Å². The Kier molecular flexibility index (Phi) is 5.91. The van der Waals surface area contributed by atoms with Crippen molar-refractivity contribution in [3.63, 3.8) is 0 Å². The van der Waals surface area contributed by atoms with Crippen molar-refractivity contribution in [1.82, 2.24) is 10.2 Å². The van der Waals surface area contributed by atoms with Crippen LogP contribution in [0, 0.1) is 11.8 Å². The summed E-state index contributed by atoms with van der Waals surface area (Å²) in [6, 6.07) is 5.62. The molecule has 0 spiro atoms. The lowest BCUT2D eigenvalue weighted by atomic mass is 9.92. The van der Waals surface area contributed by atoms with E-state index in [0.29, 0.717) is 25.2 Å². The van der Waals surface area contributed by atoms with Crippen molar-refractivity contribution in [3.8, 4) is 0 Å². The SMILES string of the molecule is CC(C)C(=O)N1CC[C@H](NCc2cccc(C(F)(F)F)c2)[C@@H](C)C1. The number of amides is 1. The lowest BCUT2D eigenvalue weighted by molar-refractivity contribution is -0.138. The van der Waals surface area contributed by atoms with E-state index in [0.717, 1.165) is 12.5 Å². The van der Waals surface area contributed by atoms with Gasteiger partial charge in [0, 0.05) is 31.6 Å². The summed E-state index contributed by atoms with van der Waals surface area (Å²) in [5.74, 6) is 0.428. The summed E-state index contributed by atoms with van der Waals surface area (Å²) in [7, 11) is 0. The Morgan fingerprint density at radius 2 is 2.08 bits per heavy atom. The molecule has 0 bridgehead atoms. The standard InChI is InChI=1S/C18H25F3N2O/c1-12(2)17(24)23-8-7-16(13(3)11-23)22-10-14-5-4-6-15(9-14)18(19,20)21/h4-6,9,12-13,16,22H,7-8,10-11H2,1-3H3/t13-,16-/m0/s1. The quantitative estimate of drug-likeness (QED) is 0.905. The van der Waals surface area contributed by atoms with Crippen LogP contribution in [-0.4, -0.2) is 29.9 Å². The maximum absolute atomic E-state index is 12.8. The number of piperidine rings is 1. The van der Waals surface area contributed by atoms with Gasteiger partial charge in [-0.2, -0.15) is 13.2 Å². The summed E-state index contributed by atoms with van der Waals surface area (Å²) in [6.07, 6.45) is -3.50. The van der Waals surface area contributed by atoms with Crippen LogP contribution in [0.3, 0.4) is 0 Å². The van der Waals surface area contributed by atoms with E-state index in [2.05, 4.69) is 12.2 Å². The first kappa shape index (κ1) is 18.8. The first-order valence-corrected chi connectivity index (χ1v) is 8.36. The second kappa shape index (κ2) is 7.55. The van der Waals surface area contributed by atoms with Crippen LogP contribution < -0.4 is 5.32 Å². The van der Waals surface area contributed by atoms with E-state index in [1.165, 1.54) is 12.1 Å². The van der Waals surface area contributed by atoms with Gasteiger partial charge in [-0.15, -0.1) is 0 Å². The molecule has 0 unspecified atom stereocenters. The fourth-order valence-corrected chi connectivity index (χ4v) is 3.12. The molecule has 1 saturated heterocycles. The lowest BCUT2D eigenvalue weighted by Gasteiger charge is -2.38. The topological polar surface area (TPSA) is 32.3 Å². The molecule has 3 nitrogen and oxygen atoms in total. The average molecular weight is 342 g/mol. The third-order valence-electron chi connectivity index (χ3n) is 4.53. The van der Waals surface area contributed by atoms with E-state index in [1.807, 2.05) is 18.7 Å². The Morgan fingerprint density at radius 3 is 2.67 bits per heavy atom. The molecule has 1 aliphatic rings. The molecule has 0 aromatic heterocycles. The smallest absolute Gasteiger partial charge is 0.342 e. The highest BCUT2D eigenvalue weighted by Crippen LogP contribution is 2.29. The predicted octanol–water partition coefficient (Wildman–Crippen LogP) is 3.69. The molecule has 0 radical (unpaired) electrons. The zero-order chi connectivity index (χ0) is 17.9. The van der Waals surface area contributed by atoms with Gasteiger partial charge >= 0.3 is 6.18 Å². The van der Waals surface area contributed by atoms with Gasteiger partial charge in [0.2, 0.25) is 5.91 Å². The molecule has 1 aliphatic heterocycles. The third-order valence-corrected chi connectivity index (χ3v) is 4.53. The zero-order valence-corrected chi connectivity index (χ0v) is 14.4. The van der Waals surface area contributed by atoms with Crippen molar-refractivity contribution in [2.45, 2.75) is 46.0 Å². The van der Waals surface area contributed by atoms with Gasteiger partial charge in [-0.3, -0.25) is 4.79 Å². The van der Waals surface area contributed by atoms with E-state index in [1.54, 1.807) is 6.07 Å². The summed E-state index contributed by atoms with van der Waals surface area (Å²) < 4.78 is 38.3. The number of carbonyl (C=O) groups is 1. The summed E-state index contributed by atoms with van der Waals surface area (Å²) >= 11 is 0. The van der Waals surface area contributed by atoms with Gasteiger partial charge in [0.05, 0.1) is 5.56 Å². The Labute approximate surface area is 141 Å². The van der Waals surface area contributed by atoms with Crippen LogP contribution in [0.25, 0.3) is 0 Å². The maximum Gasteiger partial charge on any atom is 0.416 e. The normalized spacial score (nSPS) is 22.0. The molecule has 24 heavy (non-hydrogen) atoms. The van der Waals surface area contributed by atoms with Crippen molar-refractivity contribution < 1.29 is 18.0 Å². The molecule has 1 aromatic carbocycles. The summed E-state index contributed by atoms with van der Waals surface area (Å²) in [5.41, 5.74) is 0.00455. The Morgan fingerprint density at radius 1 is 1.38 bits per heavy atom. The number of hydrogen-bond donors (Lipinski definition) is 1. The monoisotopic (exact) mass is 342 g/mol. The Hall–Kier alpha value is -1.56. The number of alkyl halides is 3. The van der Waals surface area contributed by atoms with Crippen molar-refractivity contribution in [1.29, 1.82) is 0 Å². The van der Waals surface area contributed by atoms with Gasteiger partial charge in [-0.1, -0.05) is 39.0 Å². The molecule has 1 aromatic rings. The average Bonchev–Trinajstić information content (AvgIpc) is 2.52. The molecule has 2 rings (SSSR count). The molecule has 1 amide bonds. The van der Waals surface area contributed by atoms with Crippen LogP contribution in [0.15, 0.2) is 24.3 Å². The minimum atomic E-state index is -4.31. The number of rotatable bonds is 4. The summed E-state index contributed by atoms with van der Waals surface area (Å²) in [6.45, 7) is 7.65. The molecule has 1 heterocycles. The Bertz CT molecular complexity index is 572. The minimum Gasteiger partial charge on any atom is -0.342 e. The van der Waals surface area contributed by atoms with Crippen molar-refractivity contribution in [2.75, 3.05) is 13.1 Å². The second-order valence-electron chi connectivity index (χ2n) is 6.89. The first-order chi connectivity index (χ1) is 11.2. The van der Waals surface area contributed by atoms with Crippen LogP contribution in [0.1, 0.15) is 38.3 Å². The number of halogens is 3. The summed E-state index contributed by atoms with van der Waals surface area (Å²) in [5, 5.41) is 3.35. The fourth-order valence-electron chi connectivity index (χ4n) is 3.12. The van der Waals surface area contributed by atoms with E-state index in [-0.39, 0.29) is 23.8 Å². The lowest BCUT2D eigenvalue weighted by Crippen LogP contribution is -2.50. The van der Waals surface area contributed by atoms with E-state index < -0.39 is 11.7 Å². The zero-order valence-electron chi connectivity index (χ0n) is 14.4. The fraction of sp³-hybridized carbons (Fsp3) is 0.611.